The molecule has 0 spiro atoms. The molecule has 9 aromatic rings. The number of phenolic OH excluding ortho intramolecular Hbond substituents is 1. The highest BCUT2D eigenvalue weighted by Gasteiger charge is 2.49. The van der Waals surface area contributed by atoms with Crippen molar-refractivity contribution in [3.8, 4) is 44.9 Å². The first kappa shape index (κ1) is 122. The normalized spacial score (nSPS) is 9.38. The number of benzene rings is 9. The van der Waals surface area contributed by atoms with E-state index in [4.69, 9.17) is 36.6 Å². The number of alkyl halides is 6. The number of carbonyl (C=O) groups excluding carboxylic acids is 4. The van der Waals surface area contributed by atoms with E-state index in [-0.39, 0.29) is 40.6 Å². The van der Waals surface area contributed by atoms with Crippen LogP contribution < -0.4 is 9.65 Å². The second-order valence-electron chi connectivity index (χ2n) is 18.4. The molecule has 0 amide bonds. The number of methoxy groups -OCH3 is 3. The van der Waals surface area contributed by atoms with Crippen molar-refractivity contribution in [2.45, 2.75) is 116 Å². The lowest BCUT2D eigenvalue weighted by atomic mass is 9.81. The number of esters is 3. The summed E-state index contributed by atoms with van der Waals surface area (Å²) in [5.41, 5.74) is 3.30. The van der Waals surface area contributed by atoms with Crippen molar-refractivity contribution in [2.75, 3.05) is 53.0 Å². The predicted octanol–water partition coefficient (Wildman–Crippen LogP) is 21.7. The van der Waals surface area contributed by atoms with Gasteiger partial charge in [-0.1, -0.05) is 304 Å². The molecule has 4 N–H and O–H groups in total. The minimum atomic E-state index is -6.04. The lowest BCUT2D eigenvalue weighted by molar-refractivity contribution is -0.0498. The van der Waals surface area contributed by atoms with Crippen LogP contribution >= 0.6 is 46.4 Å². The summed E-state index contributed by atoms with van der Waals surface area (Å²) in [5, 5.41) is 36.0. The zero-order valence-electron chi connectivity index (χ0n) is 69.7. The van der Waals surface area contributed by atoms with Crippen LogP contribution in [-0.4, -0.2) is 141 Å². The quantitative estimate of drug-likeness (QED) is 0.0233. The lowest BCUT2D eigenvalue weighted by Gasteiger charge is -2.07. The Morgan fingerprint density at radius 3 is 0.965 bits per heavy atom. The second-order valence-corrected chi connectivity index (χ2v) is 23.8. The summed E-state index contributed by atoms with van der Waals surface area (Å²) in [6.45, 7) is 32.0. The van der Waals surface area contributed by atoms with E-state index in [1.165, 1.54) is 64.7 Å². The van der Waals surface area contributed by atoms with Gasteiger partial charge in [0.25, 0.3) is 10.1 Å². The highest BCUT2D eigenvalue weighted by atomic mass is 35.5. The van der Waals surface area contributed by atoms with Gasteiger partial charge >= 0.3 is 56.7 Å². The molecule has 0 saturated carbocycles. The van der Waals surface area contributed by atoms with Gasteiger partial charge in [-0.15, -0.1) is 38.4 Å². The molecule has 0 fully saturated rings. The van der Waals surface area contributed by atoms with Crippen LogP contribution in [-0.2, 0) is 48.2 Å². The van der Waals surface area contributed by atoms with E-state index in [1.54, 1.807) is 66.7 Å². The zero-order chi connectivity index (χ0) is 91.1. The van der Waals surface area contributed by atoms with Crippen molar-refractivity contribution >= 4 is 119 Å². The zero-order valence-corrected chi connectivity index (χ0v) is 75.2. The molecule has 9 aromatic carbocycles. The third kappa shape index (κ3) is 50.1. The second kappa shape index (κ2) is 73.7. The fourth-order valence-electron chi connectivity index (χ4n) is 7.73. The molecule has 20 nitrogen and oxygen atoms in total. The number of fused-ring (bicyclic) bond motifs is 3. The fraction of sp³-hybridized carbons (Fsp3) is 0.298. The van der Waals surface area contributed by atoms with Gasteiger partial charge in [-0.2, -0.15) is 38.4 Å². The summed E-state index contributed by atoms with van der Waals surface area (Å²) in [6.07, 6.45) is 5.51. The van der Waals surface area contributed by atoms with E-state index >= 15 is 0 Å². The summed E-state index contributed by atoms with van der Waals surface area (Å²) >= 11 is 19.5. The highest BCUT2D eigenvalue weighted by molar-refractivity contribution is 7.99. The molecular weight excluding hydrogens is 1630 g/mol. The lowest BCUT2D eigenvalue weighted by Crippen LogP contribution is -2.29. The molecule has 0 radical (unpaired) electrons. The number of rotatable bonds is 11. The molecule has 115 heavy (non-hydrogen) atoms. The van der Waals surface area contributed by atoms with Crippen molar-refractivity contribution in [3.63, 3.8) is 0 Å². The minimum absolute atomic E-state index is 0.0353. The van der Waals surface area contributed by atoms with Gasteiger partial charge in [0.1, 0.15) is 16.9 Å². The SMILES string of the molecule is CC.CC.CC.CC.CC.CC.CC.CC.CCl.CCl.CCl.COC(=O)c1ccccc1-c1ccccc1.COC(=O)c1ccccc1O.COC(=O)c1ccccc1OS(C)(=O)=O.CS(=O)(=O)OS(=O)(=O)C(F)(F)F.O=C(O)c1ccccc1-c1ccccc1.O=C1c2ccccc2-c2ccccc21.OB(O)c1ccc(Cl)cc1. The number of aromatic carboxylic acids is 1. The minimum Gasteiger partial charge on any atom is -0.507 e. The molecule has 31 heteroatoms. The van der Waals surface area contributed by atoms with Crippen molar-refractivity contribution < 1.29 is 105 Å². The average molecular weight is 1750 g/mol. The van der Waals surface area contributed by atoms with Gasteiger partial charge < -0.3 is 38.7 Å². The molecule has 0 aromatic heterocycles. The Morgan fingerprint density at radius 2 is 0.652 bits per heavy atom. The Balaban J connectivity index is -0.000000186. The molecular formula is C84H114BCl4F3O20S3. The molecule has 1 aliphatic carbocycles. The number of carboxylic acid groups (broad SMARTS) is 1. The number of carbonyl (C=O) groups is 5. The number of hydrogen-bond donors (Lipinski definition) is 4. The van der Waals surface area contributed by atoms with Crippen LogP contribution in [0, 0.1) is 0 Å². The maximum atomic E-state index is 11.9. The molecule has 0 unspecified atom stereocenters. The van der Waals surface area contributed by atoms with Gasteiger partial charge in [0.2, 0.25) is 0 Å². The molecule has 0 atom stereocenters. The number of phenols is 1. The van der Waals surface area contributed by atoms with E-state index in [0.717, 1.165) is 50.8 Å². The number of ketones is 1. The molecule has 0 bridgehead atoms. The van der Waals surface area contributed by atoms with E-state index in [0.29, 0.717) is 21.6 Å². The maximum absolute atomic E-state index is 11.9. The van der Waals surface area contributed by atoms with Crippen LogP contribution in [0.15, 0.2) is 231 Å². The van der Waals surface area contributed by atoms with Crippen LogP contribution in [0.3, 0.4) is 0 Å². The molecule has 1 aliphatic rings. The monoisotopic (exact) mass is 1750 g/mol. The molecule has 0 aliphatic heterocycles. The van der Waals surface area contributed by atoms with Crippen LogP contribution in [0.25, 0.3) is 33.4 Å². The van der Waals surface area contributed by atoms with Crippen LogP contribution in [0.4, 0.5) is 13.2 Å². The van der Waals surface area contributed by atoms with E-state index in [2.05, 4.69) is 52.1 Å². The van der Waals surface area contributed by atoms with E-state index in [1.807, 2.05) is 250 Å². The Hall–Kier alpha value is -9.13. The van der Waals surface area contributed by atoms with Crippen molar-refractivity contribution in [3.05, 3.63) is 269 Å². The molecule has 640 valence electrons. The topological polar surface area (TPSA) is 315 Å². The Labute approximate surface area is 702 Å². The van der Waals surface area contributed by atoms with Crippen LogP contribution in [0.5, 0.6) is 11.5 Å². The summed E-state index contributed by atoms with van der Waals surface area (Å²) in [4.78, 5) is 56.5. The van der Waals surface area contributed by atoms with Gasteiger partial charge in [-0.05, 0) is 87.4 Å². The van der Waals surface area contributed by atoms with Gasteiger partial charge in [0.15, 0.2) is 11.5 Å². The highest BCUT2D eigenvalue weighted by Crippen LogP contribution is 2.36. The predicted molar refractivity (Wildman–Crippen MR) is 468 cm³/mol. The Bertz CT molecular complexity index is 4330. The average Bonchev–Trinajstić information content (AvgIpc) is 1.62. The number of halogens is 7. The van der Waals surface area contributed by atoms with Gasteiger partial charge in [-0.3, -0.25) is 4.79 Å². The number of hydrogen-bond acceptors (Lipinski definition) is 19. The molecule has 10 rings (SSSR count). The summed E-state index contributed by atoms with van der Waals surface area (Å²) in [5.74, 6) is -2.31. The van der Waals surface area contributed by atoms with Crippen molar-refractivity contribution in [1.82, 2.24) is 0 Å². The molecule has 0 heterocycles. The van der Waals surface area contributed by atoms with E-state index in [9.17, 15) is 62.4 Å². The third-order valence-electron chi connectivity index (χ3n) is 11.8. The summed E-state index contributed by atoms with van der Waals surface area (Å²) in [7, 11) is -11.9. The number of ether oxygens (including phenoxy) is 3. The number of carboxylic acids is 1. The number of para-hydroxylation sites is 2. The van der Waals surface area contributed by atoms with Crippen LogP contribution in [0.1, 0.15) is 168 Å². The Kier molecular flexibility index (Phi) is 78.0. The van der Waals surface area contributed by atoms with Crippen molar-refractivity contribution in [1.29, 1.82) is 0 Å². The largest absolute Gasteiger partial charge is 0.524 e. The first-order chi connectivity index (χ1) is 54.8. The number of aromatic hydroxyl groups is 1. The maximum Gasteiger partial charge on any atom is 0.524 e. The Morgan fingerprint density at radius 1 is 0.374 bits per heavy atom. The summed E-state index contributed by atoms with van der Waals surface area (Å²) < 4.78 is 117. The van der Waals surface area contributed by atoms with Crippen molar-refractivity contribution in [2.24, 2.45) is 0 Å². The first-order valence-corrected chi connectivity index (χ1v) is 43.3. The standard InChI is InChI=1S/C14H12O2.C13H10O2.C13H8O.C9H10O5S.C8H8O3.C6H6BClO2.C2H3F3O5S2.8C2H6.3CH3Cl/c1-16-14(15)13-10-6-5-9-12(13)11-7-3-2-4-8-11;14-13(15)12-9-5-4-8-11(12)10-6-2-1-3-7-10;14-13-11-7-3-1-5-9(11)10-6-2-4-8-12(10)13;1-13-9(10)7-5-3-4-6-8(7)14-15(2,11)12;1-11-8(10)6-4-2-3-5-7(6)9;8-6-3-1-5(2-4-6)7(9)10;1-11(6,7)10-12(8,9)2(3,4)5;11*1-2/h2-10H,1H3;1-9H,(H,14,15);1-8H;3-6H,1-2H3;2-5,9H,1H3;1-4,9-10H;1H3;8*1-2H3;3*1H3. The van der Waals surface area contributed by atoms with Gasteiger partial charge in [0.05, 0.1) is 45.0 Å². The van der Waals surface area contributed by atoms with Crippen LogP contribution in [0.2, 0.25) is 5.02 Å². The molecule has 0 saturated heterocycles. The first-order valence-electron chi connectivity index (χ1n) is 35.6. The third-order valence-corrected chi connectivity index (χ3v) is 14.8. The fourth-order valence-corrected chi connectivity index (χ4v) is 9.94. The van der Waals surface area contributed by atoms with Gasteiger partial charge in [-0.25, -0.2) is 19.2 Å². The van der Waals surface area contributed by atoms with E-state index < -0.39 is 60.9 Å². The smallest absolute Gasteiger partial charge is 0.507 e. The van der Waals surface area contributed by atoms with Gasteiger partial charge in [0, 0.05) is 35.3 Å². The summed E-state index contributed by atoms with van der Waals surface area (Å²) in [6, 6.07) is 67.8.